The molecule has 0 bridgehead atoms. The summed E-state index contributed by atoms with van der Waals surface area (Å²) in [5.74, 6) is 2.16. The van der Waals surface area contributed by atoms with Crippen LogP contribution in [0.3, 0.4) is 0 Å². The van der Waals surface area contributed by atoms with Crippen molar-refractivity contribution in [3.8, 4) is 0 Å². The van der Waals surface area contributed by atoms with E-state index in [1.807, 2.05) is 18.5 Å². The first-order valence-electron chi connectivity index (χ1n) is 7.57. The zero-order chi connectivity index (χ0) is 14.1. The summed E-state index contributed by atoms with van der Waals surface area (Å²) in [5.41, 5.74) is 1.23. The van der Waals surface area contributed by atoms with E-state index in [9.17, 15) is 0 Å². The van der Waals surface area contributed by atoms with Crippen molar-refractivity contribution in [2.45, 2.75) is 31.3 Å². The minimum atomic E-state index is 0.309. The van der Waals surface area contributed by atoms with Crippen LogP contribution in [0.25, 0.3) is 0 Å². The number of hydrogen-bond acceptors (Lipinski definition) is 6. The Morgan fingerprint density at radius 3 is 3.14 bits per heavy atom. The number of nitrogens with one attached hydrogen (secondary N) is 1. The number of aromatic nitrogens is 3. The summed E-state index contributed by atoms with van der Waals surface area (Å²) in [4.78, 5) is 11.2. The maximum absolute atomic E-state index is 5.41. The van der Waals surface area contributed by atoms with Gasteiger partial charge in [0.05, 0.1) is 6.54 Å². The van der Waals surface area contributed by atoms with Crippen molar-refractivity contribution in [3.63, 3.8) is 0 Å². The molecular weight excluding hydrogens is 266 g/mol. The largest absolute Gasteiger partial charge is 0.338 e. The summed E-state index contributed by atoms with van der Waals surface area (Å²) in [5, 5.41) is 7.55. The average Bonchev–Trinajstić information content (AvgIpc) is 3.29. The highest BCUT2D eigenvalue weighted by molar-refractivity contribution is 5.15. The van der Waals surface area contributed by atoms with E-state index in [1.54, 1.807) is 0 Å². The van der Waals surface area contributed by atoms with Gasteiger partial charge < -0.3 is 9.84 Å². The van der Waals surface area contributed by atoms with E-state index in [0.29, 0.717) is 18.5 Å². The second-order valence-electron chi connectivity index (χ2n) is 5.80. The molecule has 3 heterocycles. The van der Waals surface area contributed by atoms with Gasteiger partial charge in [-0.1, -0.05) is 11.2 Å². The quantitative estimate of drug-likeness (QED) is 0.918. The molecule has 4 rings (SSSR count). The molecule has 1 aliphatic carbocycles. The predicted octanol–water partition coefficient (Wildman–Crippen LogP) is 1.49. The molecule has 1 saturated carbocycles. The molecule has 0 radical (unpaired) electrons. The molecule has 21 heavy (non-hydrogen) atoms. The van der Waals surface area contributed by atoms with Gasteiger partial charge >= 0.3 is 0 Å². The topological polar surface area (TPSA) is 67.1 Å². The molecular formula is C15H19N5O. The molecule has 1 N–H and O–H groups in total. The van der Waals surface area contributed by atoms with Crippen LogP contribution in [0.5, 0.6) is 0 Å². The maximum Gasteiger partial charge on any atom is 0.240 e. The fraction of sp³-hybridized carbons (Fsp3) is 0.533. The van der Waals surface area contributed by atoms with E-state index in [4.69, 9.17) is 4.52 Å². The van der Waals surface area contributed by atoms with Gasteiger partial charge in [-0.3, -0.25) is 9.88 Å². The van der Waals surface area contributed by atoms with Gasteiger partial charge in [-0.25, -0.2) is 0 Å². The Hall–Kier alpha value is -1.79. The second-order valence-corrected chi connectivity index (χ2v) is 5.80. The van der Waals surface area contributed by atoms with Gasteiger partial charge in [0.1, 0.15) is 0 Å². The third kappa shape index (κ3) is 2.82. The van der Waals surface area contributed by atoms with Crippen molar-refractivity contribution in [3.05, 3.63) is 41.8 Å². The van der Waals surface area contributed by atoms with E-state index < -0.39 is 0 Å². The van der Waals surface area contributed by atoms with Crippen LogP contribution in [0, 0.1) is 0 Å². The van der Waals surface area contributed by atoms with E-state index in [-0.39, 0.29) is 0 Å². The van der Waals surface area contributed by atoms with Crippen molar-refractivity contribution in [1.82, 2.24) is 25.3 Å². The highest BCUT2D eigenvalue weighted by atomic mass is 16.5. The lowest BCUT2D eigenvalue weighted by Crippen LogP contribution is -2.45. The Kier molecular flexibility index (Phi) is 3.40. The standard InChI is InChI=1S/C15H19N5O/c1-2-12(8-16-5-1)13-9-17-6-7-20(13)10-14-18-15(19-21-14)11-3-4-11/h1-2,5,8,11,13,17H,3-4,6-7,9-10H2. The normalized spacial score (nSPS) is 23.3. The molecule has 2 aromatic rings. The van der Waals surface area contributed by atoms with Crippen LogP contribution in [-0.2, 0) is 6.54 Å². The molecule has 2 aromatic heterocycles. The van der Waals surface area contributed by atoms with E-state index >= 15 is 0 Å². The van der Waals surface area contributed by atoms with Gasteiger partial charge in [0.15, 0.2) is 5.82 Å². The van der Waals surface area contributed by atoms with Crippen LogP contribution in [0.2, 0.25) is 0 Å². The summed E-state index contributed by atoms with van der Waals surface area (Å²) < 4.78 is 5.41. The summed E-state index contributed by atoms with van der Waals surface area (Å²) >= 11 is 0. The lowest BCUT2D eigenvalue weighted by Gasteiger charge is -2.35. The Bertz CT molecular complexity index is 595. The fourth-order valence-electron chi connectivity index (χ4n) is 2.85. The molecule has 1 aliphatic heterocycles. The zero-order valence-corrected chi connectivity index (χ0v) is 11.9. The molecule has 2 fully saturated rings. The van der Waals surface area contributed by atoms with E-state index in [0.717, 1.165) is 31.3 Å². The van der Waals surface area contributed by atoms with Gasteiger partial charge in [0.25, 0.3) is 0 Å². The lowest BCUT2D eigenvalue weighted by atomic mass is 10.1. The van der Waals surface area contributed by atoms with Gasteiger partial charge in [0.2, 0.25) is 5.89 Å². The molecule has 0 aromatic carbocycles. The Morgan fingerprint density at radius 1 is 1.38 bits per heavy atom. The third-order valence-electron chi connectivity index (χ3n) is 4.19. The van der Waals surface area contributed by atoms with Gasteiger partial charge in [-0.05, 0) is 24.5 Å². The van der Waals surface area contributed by atoms with Crippen molar-refractivity contribution in [2.24, 2.45) is 0 Å². The molecule has 6 heteroatoms. The number of piperazine rings is 1. The maximum atomic E-state index is 5.41. The third-order valence-corrected chi connectivity index (χ3v) is 4.19. The van der Waals surface area contributed by atoms with Gasteiger partial charge in [-0.2, -0.15) is 4.98 Å². The number of rotatable bonds is 4. The molecule has 2 aliphatic rings. The van der Waals surface area contributed by atoms with Crippen LogP contribution in [0.4, 0.5) is 0 Å². The number of hydrogen-bond donors (Lipinski definition) is 1. The molecule has 1 saturated heterocycles. The van der Waals surface area contributed by atoms with Crippen molar-refractivity contribution >= 4 is 0 Å². The first-order valence-corrected chi connectivity index (χ1v) is 7.57. The zero-order valence-electron chi connectivity index (χ0n) is 11.9. The van der Waals surface area contributed by atoms with Gasteiger partial charge in [-0.15, -0.1) is 0 Å². The first kappa shape index (κ1) is 12.9. The second kappa shape index (κ2) is 5.54. The van der Waals surface area contributed by atoms with Crippen LogP contribution in [0.1, 0.15) is 42.1 Å². The molecule has 1 unspecified atom stereocenters. The van der Waals surface area contributed by atoms with Crippen molar-refractivity contribution < 1.29 is 4.52 Å². The SMILES string of the molecule is c1cncc(C2CNCCN2Cc2nc(C3CC3)no2)c1. The first-order chi connectivity index (χ1) is 10.4. The Labute approximate surface area is 123 Å². The van der Waals surface area contributed by atoms with Crippen molar-refractivity contribution in [2.75, 3.05) is 19.6 Å². The van der Waals surface area contributed by atoms with Crippen LogP contribution < -0.4 is 5.32 Å². The average molecular weight is 285 g/mol. The highest BCUT2D eigenvalue weighted by Crippen LogP contribution is 2.38. The van der Waals surface area contributed by atoms with E-state index in [1.165, 1.54) is 18.4 Å². The molecule has 1 atom stereocenters. The summed E-state index contributed by atoms with van der Waals surface area (Å²) in [6.45, 7) is 3.59. The molecule has 6 nitrogen and oxygen atoms in total. The number of nitrogens with zero attached hydrogens (tertiary/aromatic N) is 4. The summed E-state index contributed by atoms with van der Waals surface area (Å²) in [7, 11) is 0. The smallest absolute Gasteiger partial charge is 0.240 e. The predicted molar refractivity (Wildman–Crippen MR) is 76.5 cm³/mol. The van der Waals surface area contributed by atoms with Crippen molar-refractivity contribution in [1.29, 1.82) is 0 Å². The summed E-state index contributed by atoms with van der Waals surface area (Å²) in [6.07, 6.45) is 6.15. The van der Waals surface area contributed by atoms with Crippen LogP contribution in [0.15, 0.2) is 29.0 Å². The summed E-state index contributed by atoms with van der Waals surface area (Å²) in [6, 6.07) is 4.42. The van der Waals surface area contributed by atoms with Crippen LogP contribution >= 0.6 is 0 Å². The monoisotopic (exact) mass is 285 g/mol. The van der Waals surface area contributed by atoms with Gasteiger partial charge in [0, 0.05) is 44.0 Å². The van der Waals surface area contributed by atoms with Crippen LogP contribution in [-0.4, -0.2) is 39.7 Å². The molecule has 0 amide bonds. The Morgan fingerprint density at radius 2 is 2.33 bits per heavy atom. The lowest BCUT2D eigenvalue weighted by molar-refractivity contribution is 0.135. The highest BCUT2D eigenvalue weighted by Gasteiger charge is 2.30. The fourth-order valence-corrected chi connectivity index (χ4v) is 2.85. The minimum Gasteiger partial charge on any atom is -0.338 e. The number of pyridine rings is 1. The Balaban J connectivity index is 1.50. The molecule has 0 spiro atoms. The molecule has 110 valence electrons. The minimum absolute atomic E-state index is 0.309. The van der Waals surface area contributed by atoms with E-state index in [2.05, 4.69) is 31.4 Å².